The van der Waals surface area contributed by atoms with E-state index in [0.717, 1.165) is 27.5 Å². The molecular formula is C22H16Cl3N3O2. The highest BCUT2D eigenvalue weighted by Gasteiger charge is 2.35. The third kappa shape index (κ3) is 3.49. The summed E-state index contributed by atoms with van der Waals surface area (Å²) in [6, 6.07) is 13.3. The zero-order valence-corrected chi connectivity index (χ0v) is 18.3. The van der Waals surface area contributed by atoms with Crippen molar-refractivity contribution in [3.63, 3.8) is 0 Å². The molecule has 1 aliphatic rings. The number of benzene rings is 2. The maximum Gasteiger partial charge on any atom is 0.333 e. The summed E-state index contributed by atoms with van der Waals surface area (Å²) in [5, 5.41) is 4.06. The van der Waals surface area contributed by atoms with Gasteiger partial charge in [-0.1, -0.05) is 40.9 Å². The van der Waals surface area contributed by atoms with Gasteiger partial charge in [0.2, 0.25) is 0 Å². The lowest BCUT2D eigenvalue weighted by Crippen LogP contribution is -2.30. The zero-order valence-electron chi connectivity index (χ0n) is 16.0. The molecule has 0 saturated carbocycles. The summed E-state index contributed by atoms with van der Waals surface area (Å²) in [5.74, 6) is -0.437. The minimum absolute atomic E-state index is 0.187. The predicted molar refractivity (Wildman–Crippen MR) is 121 cm³/mol. The topological polar surface area (TPSA) is 54.3 Å². The van der Waals surface area contributed by atoms with Crippen LogP contribution in [0.15, 0.2) is 54.2 Å². The van der Waals surface area contributed by atoms with E-state index in [1.807, 2.05) is 36.6 Å². The van der Waals surface area contributed by atoms with E-state index >= 15 is 0 Å². The van der Waals surface area contributed by atoms with Gasteiger partial charge in [0, 0.05) is 16.4 Å². The van der Waals surface area contributed by atoms with Crippen LogP contribution in [0.4, 0.5) is 10.5 Å². The van der Waals surface area contributed by atoms with Gasteiger partial charge in [0.25, 0.3) is 5.91 Å². The Balaban J connectivity index is 1.72. The van der Waals surface area contributed by atoms with Crippen LogP contribution in [-0.2, 0) is 4.79 Å². The molecule has 4 rings (SSSR count). The van der Waals surface area contributed by atoms with Gasteiger partial charge in [0.15, 0.2) is 0 Å². The molecule has 8 heteroatoms. The molecule has 152 valence electrons. The van der Waals surface area contributed by atoms with E-state index < -0.39 is 11.9 Å². The fraction of sp³-hybridized carbons (Fsp3) is 0.0909. The zero-order chi connectivity index (χ0) is 21.6. The monoisotopic (exact) mass is 459 g/mol. The number of aromatic nitrogens is 1. The van der Waals surface area contributed by atoms with Gasteiger partial charge in [-0.3, -0.25) is 4.79 Å². The van der Waals surface area contributed by atoms with Gasteiger partial charge >= 0.3 is 6.03 Å². The Kier molecular flexibility index (Phi) is 5.36. The minimum atomic E-state index is -0.514. The molecule has 1 N–H and O–H groups in total. The van der Waals surface area contributed by atoms with Gasteiger partial charge in [-0.2, -0.15) is 0 Å². The molecule has 0 unspecified atom stereocenters. The van der Waals surface area contributed by atoms with Crippen LogP contribution >= 0.6 is 34.8 Å². The molecule has 2 heterocycles. The second-order valence-corrected chi connectivity index (χ2v) is 8.06. The van der Waals surface area contributed by atoms with E-state index in [2.05, 4.69) is 5.32 Å². The number of amides is 3. The molecule has 1 fully saturated rings. The predicted octanol–water partition coefficient (Wildman–Crippen LogP) is 6.15. The van der Waals surface area contributed by atoms with Crippen molar-refractivity contribution in [2.75, 3.05) is 4.90 Å². The highest BCUT2D eigenvalue weighted by Crippen LogP contribution is 2.32. The van der Waals surface area contributed by atoms with Crippen LogP contribution in [0, 0.1) is 13.8 Å². The maximum absolute atomic E-state index is 12.9. The van der Waals surface area contributed by atoms with E-state index in [0.29, 0.717) is 20.8 Å². The van der Waals surface area contributed by atoms with Crippen LogP contribution in [0.3, 0.4) is 0 Å². The second kappa shape index (κ2) is 7.84. The fourth-order valence-electron chi connectivity index (χ4n) is 3.48. The van der Waals surface area contributed by atoms with Crippen LogP contribution in [0.5, 0.6) is 0 Å². The summed E-state index contributed by atoms with van der Waals surface area (Å²) < 4.78 is 1.96. The fourth-order valence-corrected chi connectivity index (χ4v) is 3.99. The van der Waals surface area contributed by atoms with Crippen molar-refractivity contribution in [1.29, 1.82) is 0 Å². The first-order valence-corrected chi connectivity index (χ1v) is 10.2. The maximum atomic E-state index is 12.9. The lowest BCUT2D eigenvalue weighted by Gasteiger charge is -2.12. The SMILES string of the molecule is Cc1cc(/C=C2/NC(=O)N(c3ccc(Cl)cc3)C2=O)c(C)n1-c1cccc(Cl)c1Cl. The average molecular weight is 461 g/mol. The van der Waals surface area contributed by atoms with E-state index in [1.54, 1.807) is 36.4 Å². The normalized spacial score (nSPS) is 15.2. The third-order valence-electron chi connectivity index (χ3n) is 4.91. The molecule has 0 aliphatic carbocycles. The molecule has 0 atom stereocenters. The summed E-state index contributed by atoms with van der Waals surface area (Å²) in [6.45, 7) is 3.84. The minimum Gasteiger partial charge on any atom is -0.316 e. The Morgan fingerprint density at radius 2 is 1.67 bits per heavy atom. The van der Waals surface area contributed by atoms with Gasteiger partial charge in [-0.05, 0) is 68.0 Å². The number of imide groups is 1. The van der Waals surface area contributed by atoms with E-state index in [-0.39, 0.29) is 5.70 Å². The van der Waals surface area contributed by atoms with Crippen LogP contribution in [-0.4, -0.2) is 16.5 Å². The Bertz CT molecular complexity index is 1210. The van der Waals surface area contributed by atoms with Crippen LogP contribution in [0.2, 0.25) is 15.1 Å². The summed E-state index contributed by atoms with van der Waals surface area (Å²) in [4.78, 5) is 26.4. The number of urea groups is 1. The molecule has 1 aliphatic heterocycles. The number of rotatable bonds is 3. The number of aryl methyl sites for hydroxylation is 1. The highest BCUT2D eigenvalue weighted by molar-refractivity contribution is 6.43. The average Bonchev–Trinajstić information content (AvgIpc) is 3.14. The van der Waals surface area contributed by atoms with Crippen LogP contribution < -0.4 is 10.2 Å². The van der Waals surface area contributed by atoms with Gasteiger partial charge in [-0.25, -0.2) is 9.69 Å². The molecule has 30 heavy (non-hydrogen) atoms. The standard InChI is InChI=1S/C22H16Cl3N3O2/c1-12-10-14(13(2)27(12)19-5-3-4-17(24)20(19)25)11-18-21(29)28(22(30)26-18)16-8-6-15(23)7-9-16/h3-11H,1-2H3,(H,26,30)/b18-11+. The number of nitrogens with one attached hydrogen (secondary N) is 1. The first-order valence-electron chi connectivity index (χ1n) is 9.04. The number of halogens is 3. The molecule has 2 aromatic carbocycles. The summed E-state index contributed by atoms with van der Waals surface area (Å²) >= 11 is 18.5. The van der Waals surface area contributed by atoms with Gasteiger partial charge in [-0.15, -0.1) is 0 Å². The number of carbonyl (C=O) groups excluding carboxylic acids is 2. The van der Waals surface area contributed by atoms with Crippen LogP contribution in [0.25, 0.3) is 11.8 Å². The lowest BCUT2D eigenvalue weighted by atomic mass is 10.2. The van der Waals surface area contributed by atoms with Crippen molar-refractivity contribution in [2.45, 2.75) is 13.8 Å². The Labute approximate surface area is 188 Å². The Morgan fingerprint density at radius 3 is 2.37 bits per heavy atom. The molecule has 1 saturated heterocycles. The Hall–Kier alpha value is -2.73. The molecule has 0 spiro atoms. The smallest absolute Gasteiger partial charge is 0.316 e. The van der Waals surface area contributed by atoms with Crippen molar-refractivity contribution in [1.82, 2.24) is 9.88 Å². The highest BCUT2D eigenvalue weighted by atomic mass is 35.5. The number of hydrogen-bond acceptors (Lipinski definition) is 2. The van der Waals surface area contributed by atoms with Crippen LogP contribution in [0.1, 0.15) is 17.0 Å². The molecule has 3 amide bonds. The summed E-state index contributed by atoms with van der Waals surface area (Å²) in [7, 11) is 0. The van der Waals surface area contributed by atoms with Crippen molar-refractivity contribution in [2.24, 2.45) is 0 Å². The summed E-state index contributed by atoms with van der Waals surface area (Å²) in [6.07, 6.45) is 1.66. The van der Waals surface area contributed by atoms with Gasteiger partial charge in [0.1, 0.15) is 5.70 Å². The molecule has 1 aromatic heterocycles. The number of anilines is 1. The molecule has 3 aromatic rings. The largest absolute Gasteiger partial charge is 0.333 e. The van der Waals surface area contributed by atoms with E-state index in [1.165, 1.54) is 0 Å². The van der Waals surface area contributed by atoms with Crippen molar-refractivity contribution < 1.29 is 9.59 Å². The molecular weight excluding hydrogens is 445 g/mol. The summed E-state index contributed by atoms with van der Waals surface area (Å²) in [5.41, 5.74) is 3.93. The first kappa shape index (κ1) is 20.5. The quantitative estimate of drug-likeness (QED) is 0.376. The molecule has 0 radical (unpaired) electrons. The first-order chi connectivity index (χ1) is 14.3. The van der Waals surface area contributed by atoms with Gasteiger partial charge in [0.05, 0.1) is 21.4 Å². The van der Waals surface area contributed by atoms with Crippen molar-refractivity contribution in [3.05, 3.63) is 86.2 Å². The lowest BCUT2D eigenvalue weighted by molar-refractivity contribution is -0.113. The van der Waals surface area contributed by atoms with Gasteiger partial charge < -0.3 is 9.88 Å². The van der Waals surface area contributed by atoms with E-state index in [4.69, 9.17) is 34.8 Å². The van der Waals surface area contributed by atoms with Crippen molar-refractivity contribution >= 4 is 58.5 Å². The second-order valence-electron chi connectivity index (χ2n) is 6.84. The number of nitrogens with zero attached hydrogens (tertiary/aromatic N) is 2. The number of carbonyl (C=O) groups is 2. The van der Waals surface area contributed by atoms with E-state index in [9.17, 15) is 9.59 Å². The molecule has 5 nitrogen and oxygen atoms in total. The van der Waals surface area contributed by atoms with Crippen molar-refractivity contribution in [3.8, 4) is 5.69 Å². The third-order valence-corrected chi connectivity index (χ3v) is 5.97. The number of hydrogen-bond donors (Lipinski definition) is 1. The Morgan fingerprint density at radius 1 is 0.967 bits per heavy atom. The molecule has 0 bridgehead atoms.